The van der Waals surface area contributed by atoms with Crippen LogP contribution in [0.3, 0.4) is 0 Å². The van der Waals surface area contributed by atoms with E-state index in [1.807, 2.05) is 0 Å². The molecular formula is C15H18N4O5. The molecule has 0 aliphatic rings. The first kappa shape index (κ1) is 17.3. The van der Waals surface area contributed by atoms with Gasteiger partial charge in [0.15, 0.2) is 0 Å². The minimum atomic E-state index is -0.551. The summed E-state index contributed by atoms with van der Waals surface area (Å²) in [5.74, 6) is 0.513. The Labute approximate surface area is 138 Å². The molecule has 0 aliphatic heterocycles. The lowest BCUT2D eigenvalue weighted by atomic mass is 10.2. The van der Waals surface area contributed by atoms with Gasteiger partial charge in [-0.2, -0.15) is 4.68 Å². The molecule has 9 nitrogen and oxygen atoms in total. The van der Waals surface area contributed by atoms with E-state index in [9.17, 15) is 14.9 Å². The molecule has 0 fully saturated rings. The molecule has 1 aromatic carbocycles. The number of ether oxygens (including phenoxy) is 2. The Hall–Kier alpha value is -3.10. The van der Waals surface area contributed by atoms with E-state index in [1.165, 1.54) is 25.0 Å². The molecule has 0 saturated heterocycles. The number of hydrogen-bond acceptors (Lipinski definition) is 6. The fourth-order valence-corrected chi connectivity index (χ4v) is 2.12. The van der Waals surface area contributed by atoms with E-state index in [-0.39, 0.29) is 18.3 Å². The van der Waals surface area contributed by atoms with Crippen molar-refractivity contribution >= 4 is 11.7 Å². The molecular weight excluding hydrogens is 316 g/mol. The van der Waals surface area contributed by atoms with Gasteiger partial charge in [-0.1, -0.05) is 0 Å². The van der Waals surface area contributed by atoms with Crippen molar-refractivity contribution in [2.24, 2.45) is 0 Å². The van der Waals surface area contributed by atoms with E-state index in [4.69, 9.17) is 9.47 Å². The summed E-state index contributed by atoms with van der Waals surface area (Å²) >= 11 is 0. The predicted molar refractivity (Wildman–Crippen MR) is 85.5 cm³/mol. The number of rotatable bonds is 7. The van der Waals surface area contributed by atoms with Crippen molar-refractivity contribution < 1.29 is 19.2 Å². The van der Waals surface area contributed by atoms with Crippen molar-refractivity contribution in [2.45, 2.75) is 13.5 Å². The maximum absolute atomic E-state index is 12.2. The number of hydrogen-bond donors (Lipinski definition) is 1. The minimum Gasteiger partial charge on any atom is -0.497 e. The third-order valence-corrected chi connectivity index (χ3v) is 3.38. The highest BCUT2D eigenvalue weighted by atomic mass is 16.6. The van der Waals surface area contributed by atoms with E-state index in [0.717, 1.165) is 0 Å². The van der Waals surface area contributed by atoms with Gasteiger partial charge in [-0.15, -0.1) is 0 Å². The SMILES string of the molecule is COc1cc(OC)cc(C(=O)NCCn2nc([N+](=O)[O-])cc2C)c1. The lowest BCUT2D eigenvalue weighted by Crippen LogP contribution is -2.27. The number of carbonyl (C=O) groups is 1. The zero-order valence-corrected chi connectivity index (χ0v) is 13.6. The first-order valence-electron chi connectivity index (χ1n) is 7.14. The molecule has 1 heterocycles. The number of aryl methyl sites for hydroxylation is 1. The van der Waals surface area contributed by atoms with Gasteiger partial charge < -0.3 is 24.9 Å². The van der Waals surface area contributed by atoms with E-state index in [0.29, 0.717) is 29.3 Å². The van der Waals surface area contributed by atoms with Gasteiger partial charge in [0.1, 0.15) is 11.5 Å². The number of nitro groups is 1. The number of carbonyl (C=O) groups excluding carboxylic acids is 1. The van der Waals surface area contributed by atoms with Crippen molar-refractivity contribution in [3.05, 3.63) is 45.6 Å². The van der Waals surface area contributed by atoms with Gasteiger partial charge in [0, 0.05) is 18.2 Å². The molecule has 1 N–H and O–H groups in total. The van der Waals surface area contributed by atoms with Gasteiger partial charge in [0.25, 0.3) is 5.91 Å². The molecule has 128 valence electrons. The Morgan fingerprint density at radius 3 is 2.38 bits per heavy atom. The van der Waals surface area contributed by atoms with Crippen LogP contribution in [0.25, 0.3) is 0 Å². The Balaban J connectivity index is 1.99. The molecule has 0 bridgehead atoms. The zero-order chi connectivity index (χ0) is 17.7. The fourth-order valence-electron chi connectivity index (χ4n) is 2.12. The van der Waals surface area contributed by atoms with Crippen molar-refractivity contribution in [3.63, 3.8) is 0 Å². The summed E-state index contributed by atoms with van der Waals surface area (Å²) in [4.78, 5) is 22.3. The predicted octanol–water partition coefficient (Wildman–Crippen LogP) is 1.55. The molecule has 2 rings (SSSR count). The Kier molecular flexibility index (Phi) is 5.35. The quantitative estimate of drug-likeness (QED) is 0.608. The minimum absolute atomic E-state index is 0.212. The topological polar surface area (TPSA) is 109 Å². The van der Waals surface area contributed by atoms with Crippen molar-refractivity contribution in [2.75, 3.05) is 20.8 Å². The summed E-state index contributed by atoms with van der Waals surface area (Å²) in [6.45, 7) is 2.32. The Bertz CT molecular complexity index is 734. The first-order chi connectivity index (χ1) is 11.4. The van der Waals surface area contributed by atoms with Crippen molar-refractivity contribution in [1.29, 1.82) is 0 Å². The monoisotopic (exact) mass is 334 g/mol. The third-order valence-electron chi connectivity index (χ3n) is 3.38. The van der Waals surface area contributed by atoms with Gasteiger partial charge >= 0.3 is 5.82 Å². The summed E-state index contributed by atoms with van der Waals surface area (Å²) in [6.07, 6.45) is 0. The summed E-state index contributed by atoms with van der Waals surface area (Å²) in [7, 11) is 3.01. The summed E-state index contributed by atoms with van der Waals surface area (Å²) in [6, 6.07) is 6.25. The number of benzene rings is 1. The van der Waals surface area contributed by atoms with Crippen molar-refractivity contribution in [3.8, 4) is 11.5 Å². The van der Waals surface area contributed by atoms with Crippen LogP contribution in [0.4, 0.5) is 5.82 Å². The first-order valence-corrected chi connectivity index (χ1v) is 7.14. The smallest absolute Gasteiger partial charge is 0.390 e. The van der Waals surface area contributed by atoms with Crippen LogP contribution in [-0.2, 0) is 6.54 Å². The summed E-state index contributed by atoms with van der Waals surface area (Å²) in [5.41, 5.74) is 1.05. The second kappa shape index (κ2) is 7.44. The van der Waals surface area contributed by atoms with Gasteiger partial charge in [0.2, 0.25) is 0 Å². The maximum Gasteiger partial charge on any atom is 0.390 e. The molecule has 0 aliphatic carbocycles. The van der Waals surface area contributed by atoms with Crippen LogP contribution in [0.5, 0.6) is 11.5 Å². The van der Waals surface area contributed by atoms with E-state index in [1.54, 1.807) is 25.1 Å². The molecule has 0 spiro atoms. The molecule has 2 aromatic rings. The fraction of sp³-hybridized carbons (Fsp3) is 0.333. The van der Waals surface area contributed by atoms with Crippen molar-refractivity contribution in [1.82, 2.24) is 15.1 Å². The Morgan fingerprint density at radius 1 is 1.25 bits per heavy atom. The number of methoxy groups -OCH3 is 2. The zero-order valence-electron chi connectivity index (χ0n) is 13.6. The van der Waals surface area contributed by atoms with Gasteiger partial charge in [-0.05, 0) is 24.0 Å². The molecule has 0 radical (unpaired) electrons. The summed E-state index contributed by atoms with van der Waals surface area (Å²) < 4.78 is 11.7. The molecule has 0 unspecified atom stereocenters. The van der Waals surface area contributed by atoms with E-state index >= 15 is 0 Å². The van der Waals surface area contributed by atoms with Gasteiger partial charge in [0.05, 0.1) is 37.6 Å². The average Bonchev–Trinajstić information content (AvgIpc) is 2.95. The van der Waals surface area contributed by atoms with Crippen LogP contribution in [0.1, 0.15) is 16.1 Å². The second-order valence-corrected chi connectivity index (χ2v) is 4.98. The van der Waals surface area contributed by atoms with E-state index < -0.39 is 4.92 Å². The van der Waals surface area contributed by atoms with Crippen LogP contribution >= 0.6 is 0 Å². The van der Waals surface area contributed by atoms with Crippen LogP contribution < -0.4 is 14.8 Å². The molecule has 24 heavy (non-hydrogen) atoms. The number of nitrogens with one attached hydrogen (secondary N) is 1. The second-order valence-electron chi connectivity index (χ2n) is 4.98. The van der Waals surface area contributed by atoms with Crippen LogP contribution in [0.2, 0.25) is 0 Å². The summed E-state index contributed by atoms with van der Waals surface area (Å²) in [5, 5.41) is 17.3. The average molecular weight is 334 g/mol. The number of aromatic nitrogens is 2. The lowest BCUT2D eigenvalue weighted by Gasteiger charge is -2.09. The largest absolute Gasteiger partial charge is 0.497 e. The van der Waals surface area contributed by atoms with Gasteiger partial charge in [-0.3, -0.25) is 4.79 Å². The highest BCUT2D eigenvalue weighted by molar-refractivity contribution is 5.95. The molecule has 0 saturated carbocycles. The highest BCUT2D eigenvalue weighted by Gasteiger charge is 2.15. The normalized spacial score (nSPS) is 10.3. The lowest BCUT2D eigenvalue weighted by molar-refractivity contribution is -0.389. The van der Waals surface area contributed by atoms with Crippen LogP contribution in [-0.4, -0.2) is 41.4 Å². The maximum atomic E-state index is 12.2. The molecule has 1 amide bonds. The molecule has 1 aromatic heterocycles. The number of nitrogens with zero attached hydrogens (tertiary/aromatic N) is 3. The van der Waals surface area contributed by atoms with Gasteiger partial charge in [-0.25, -0.2) is 0 Å². The Morgan fingerprint density at radius 2 is 1.88 bits per heavy atom. The van der Waals surface area contributed by atoms with E-state index in [2.05, 4.69) is 10.4 Å². The van der Waals surface area contributed by atoms with Crippen LogP contribution in [0, 0.1) is 17.0 Å². The van der Waals surface area contributed by atoms with Crippen LogP contribution in [0.15, 0.2) is 24.3 Å². The molecule has 9 heteroatoms. The highest BCUT2D eigenvalue weighted by Crippen LogP contribution is 2.22. The molecule has 0 atom stereocenters. The number of amides is 1. The third kappa shape index (κ3) is 4.00. The standard InChI is InChI=1S/C15H18N4O5/c1-10-6-14(19(21)22)17-18(10)5-4-16-15(20)11-7-12(23-2)9-13(8-11)24-3/h6-9H,4-5H2,1-3H3,(H,16,20).